The molecule has 1 aromatic carbocycles. The molecule has 0 saturated carbocycles. The number of carbonyl (C=O) groups excluding carboxylic acids is 1. The maximum absolute atomic E-state index is 13.5. The zero-order valence-corrected chi connectivity index (χ0v) is 11.0. The zero-order chi connectivity index (χ0) is 16.5. The van der Waals surface area contributed by atoms with Gasteiger partial charge in [0.15, 0.2) is 0 Å². The topological polar surface area (TPSA) is 76.0 Å². The number of hydrogen-bond donors (Lipinski definition) is 2. The van der Waals surface area contributed by atoms with Crippen LogP contribution in [-0.4, -0.2) is 10.9 Å². The van der Waals surface area contributed by atoms with Gasteiger partial charge in [0.25, 0.3) is 0 Å². The molecule has 0 atom stereocenters. The third-order valence-corrected chi connectivity index (χ3v) is 2.99. The summed E-state index contributed by atoms with van der Waals surface area (Å²) in [6.45, 7) is 0. The zero-order valence-electron chi connectivity index (χ0n) is 11.0. The fourth-order valence-electron chi connectivity index (χ4n) is 1.99. The number of amides is 1. The van der Waals surface area contributed by atoms with Gasteiger partial charge in [0.2, 0.25) is 11.5 Å². The Morgan fingerprint density at radius 1 is 1.18 bits per heavy atom. The van der Waals surface area contributed by atoms with E-state index in [-0.39, 0.29) is 23.2 Å². The smallest absolute Gasteiger partial charge is 0.366 e. The van der Waals surface area contributed by atoms with Gasteiger partial charge in [-0.2, -0.15) is 13.2 Å². The standard InChI is InChI=1S/C14H10F4N2O2/c15-10-5-7(1-3-9(10)14(16,17)18)6-11-8(13(19)22)2-4-12(21)20-11/h1-5H,6H2,(H2,19,22)(H,20,21). The van der Waals surface area contributed by atoms with Crippen molar-refractivity contribution < 1.29 is 22.4 Å². The lowest BCUT2D eigenvalue weighted by Gasteiger charge is -2.10. The summed E-state index contributed by atoms with van der Waals surface area (Å²) in [6.07, 6.45) is -4.93. The van der Waals surface area contributed by atoms with Crippen LogP contribution in [0.5, 0.6) is 0 Å². The van der Waals surface area contributed by atoms with E-state index >= 15 is 0 Å². The number of rotatable bonds is 3. The predicted octanol–water partition coefficient (Wildman–Crippen LogP) is 2.22. The van der Waals surface area contributed by atoms with Crippen LogP contribution in [-0.2, 0) is 12.6 Å². The number of aromatic nitrogens is 1. The van der Waals surface area contributed by atoms with Gasteiger partial charge < -0.3 is 10.7 Å². The highest BCUT2D eigenvalue weighted by Crippen LogP contribution is 2.31. The van der Waals surface area contributed by atoms with E-state index in [0.29, 0.717) is 12.1 Å². The molecule has 0 bridgehead atoms. The van der Waals surface area contributed by atoms with Gasteiger partial charge in [-0.15, -0.1) is 0 Å². The second-order valence-electron chi connectivity index (χ2n) is 4.57. The molecule has 4 nitrogen and oxygen atoms in total. The highest BCUT2D eigenvalue weighted by Gasteiger charge is 2.33. The van der Waals surface area contributed by atoms with Crippen molar-refractivity contribution in [3.63, 3.8) is 0 Å². The van der Waals surface area contributed by atoms with Crippen molar-refractivity contribution in [3.05, 3.63) is 68.9 Å². The minimum absolute atomic E-state index is 0.0138. The Bertz CT molecular complexity index is 781. The normalized spacial score (nSPS) is 11.5. The first-order valence-corrected chi connectivity index (χ1v) is 6.06. The lowest BCUT2D eigenvalue weighted by Crippen LogP contribution is -2.19. The van der Waals surface area contributed by atoms with Gasteiger partial charge in [0, 0.05) is 18.2 Å². The van der Waals surface area contributed by atoms with Gasteiger partial charge in [-0.25, -0.2) is 4.39 Å². The Morgan fingerprint density at radius 2 is 1.86 bits per heavy atom. The van der Waals surface area contributed by atoms with Gasteiger partial charge in [0.1, 0.15) is 5.82 Å². The molecule has 8 heteroatoms. The first-order chi connectivity index (χ1) is 10.2. The Balaban J connectivity index is 2.40. The number of nitrogens with one attached hydrogen (secondary N) is 1. The third-order valence-electron chi connectivity index (χ3n) is 2.99. The van der Waals surface area contributed by atoms with Gasteiger partial charge in [-0.1, -0.05) is 6.07 Å². The first-order valence-electron chi connectivity index (χ1n) is 6.06. The Morgan fingerprint density at radius 3 is 2.41 bits per heavy atom. The van der Waals surface area contributed by atoms with E-state index in [4.69, 9.17) is 5.73 Å². The number of halogens is 4. The Kier molecular flexibility index (Phi) is 4.03. The van der Waals surface area contributed by atoms with Crippen molar-refractivity contribution in [2.75, 3.05) is 0 Å². The highest BCUT2D eigenvalue weighted by atomic mass is 19.4. The van der Waals surface area contributed by atoms with Crippen LogP contribution in [0.15, 0.2) is 35.1 Å². The molecule has 0 unspecified atom stereocenters. The number of nitrogens with two attached hydrogens (primary N) is 1. The molecule has 1 heterocycles. The fraction of sp³-hybridized carbons (Fsp3) is 0.143. The fourth-order valence-corrected chi connectivity index (χ4v) is 1.99. The second kappa shape index (κ2) is 5.63. The molecule has 0 saturated heterocycles. The van der Waals surface area contributed by atoms with Crippen molar-refractivity contribution in [1.29, 1.82) is 0 Å². The van der Waals surface area contributed by atoms with E-state index in [2.05, 4.69) is 4.98 Å². The van der Waals surface area contributed by atoms with Crippen LogP contribution in [0, 0.1) is 5.82 Å². The number of benzene rings is 1. The monoisotopic (exact) mass is 314 g/mol. The van der Waals surface area contributed by atoms with Crippen LogP contribution >= 0.6 is 0 Å². The van der Waals surface area contributed by atoms with Crippen molar-refractivity contribution >= 4 is 5.91 Å². The molecule has 0 aliphatic carbocycles. The predicted molar refractivity (Wildman–Crippen MR) is 69.8 cm³/mol. The maximum atomic E-state index is 13.5. The SMILES string of the molecule is NC(=O)c1ccc(=O)[nH]c1Cc1ccc(C(F)(F)F)c(F)c1. The van der Waals surface area contributed by atoms with E-state index in [1.807, 2.05) is 0 Å². The first kappa shape index (κ1) is 15.7. The van der Waals surface area contributed by atoms with Gasteiger partial charge in [0.05, 0.1) is 11.1 Å². The summed E-state index contributed by atoms with van der Waals surface area (Å²) in [5, 5.41) is 0. The number of primary amides is 1. The van der Waals surface area contributed by atoms with Crippen LogP contribution in [0.3, 0.4) is 0 Å². The summed E-state index contributed by atoms with van der Waals surface area (Å²) in [7, 11) is 0. The number of alkyl halides is 3. The summed E-state index contributed by atoms with van der Waals surface area (Å²) in [6, 6.07) is 4.68. The number of carbonyl (C=O) groups is 1. The Hall–Kier alpha value is -2.64. The average molecular weight is 314 g/mol. The number of aromatic amines is 1. The summed E-state index contributed by atoms with van der Waals surface area (Å²) < 4.78 is 50.9. The minimum Gasteiger partial charge on any atom is -0.366 e. The van der Waals surface area contributed by atoms with Crippen molar-refractivity contribution in [2.24, 2.45) is 5.73 Å². The van der Waals surface area contributed by atoms with E-state index < -0.39 is 29.0 Å². The molecule has 0 aliphatic heterocycles. The minimum atomic E-state index is -4.79. The molecule has 3 N–H and O–H groups in total. The van der Waals surface area contributed by atoms with Gasteiger partial charge >= 0.3 is 6.18 Å². The quantitative estimate of drug-likeness (QED) is 0.852. The van der Waals surface area contributed by atoms with E-state index in [9.17, 15) is 27.2 Å². The largest absolute Gasteiger partial charge is 0.419 e. The molecule has 2 rings (SSSR count). The van der Waals surface area contributed by atoms with Crippen LogP contribution in [0.25, 0.3) is 0 Å². The molecule has 116 valence electrons. The van der Waals surface area contributed by atoms with Crippen molar-refractivity contribution in [1.82, 2.24) is 4.98 Å². The lowest BCUT2D eigenvalue weighted by molar-refractivity contribution is -0.140. The van der Waals surface area contributed by atoms with E-state index in [0.717, 1.165) is 12.1 Å². The third kappa shape index (κ3) is 3.33. The van der Waals surface area contributed by atoms with Crippen LogP contribution in [0.1, 0.15) is 27.2 Å². The number of hydrogen-bond acceptors (Lipinski definition) is 2. The molecule has 22 heavy (non-hydrogen) atoms. The van der Waals surface area contributed by atoms with Crippen molar-refractivity contribution in [2.45, 2.75) is 12.6 Å². The molecular formula is C14H10F4N2O2. The van der Waals surface area contributed by atoms with Gasteiger partial charge in [-0.3, -0.25) is 9.59 Å². The summed E-state index contributed by atoms with van der Waals surface area (Å²) >= 11 is 0. The second-order valence-corrected chi connectivity index (χ2v) is 4.57. The van der Waals surface area contributed by atoms with Gasteiger partial charge in [-0.05, 0) is 23.8 Å². The molecule has 0 radical (unpaired) electrons. The van der Waals surface area contributed by atoms with Crippen LogP contribution < -0.4 is 11.3 Å². The molecular weight excluding hydrogens is 304 g/mol. The van der Waals surface area contributed by atoms with Crippen LogP contribution in [0.2, 0.25) is 0 Å². The maximum Gasteiger partial charge on any atom is 0.419 e. The number of pyridine rings is 1. The van der Waals surface area contributed by atoms with Crippen molar-refractivity contribution in [3.8, 4) is 0 Å². The molecule has 0 fully saturated rings. The summed E-state index contributed by atoms with van der Waals surface area (Å²) in [4.78, 5) is 24.9. The number of H-pyrrole nitrogens is 1. The van der Waals surface area contributed by atoms with Crippen LogP contribution in [0.4, 0.5) is 17.6 Å². The summed E-state index contributed by atoms with van der Waals surface area (Å²) in [5.74, 6) is -2.23. The molecule has 2 aromatic rings. The molecule has 0 spiro atoms. The lowest BCUT2D eigenvalue weighted by atomic mass is 10.0. The Labute approximate surface area is 121 Å². The van der Waals surface area contributed by atoms with E-state index in [1.54, 1.807) is 0 Å². The highest BCUT2D eigenvalue weighted by molar-refractivity contribution is 5.93. The average Bonchev–Trinajstić information content (AvgIpc) is 2.36. The molecule has 1 aromatic heterocycles. The van der Waals surface area contributed by atoms with E-state index in [1.165, 1.54) is 6.07 Å². The molecule has 1 amide bonds. The summed E-state index contributed by atoms with van der Waals surface area (Å²) in [5.41, 5.74) is 3.54. The molecule has 0 aliphatic rings.